The van der Waals surface area contributed by atoms with Gasteiger partial charge in [-0.25, -0.2) is 4.98 Å². The smallest absolute Gasteiger partial charge is 0.376 e. The van der Waals surface area contributed by atoms with Crippen molar-refractivity contribution in [1.82, 2.24) is 9.97 Å². The molecule has 0 aliphatic heterocycles. The number of aromatic nitrogens is 2. The van der Waals surface area contributed by atoms with E-state index in [1.807, 2.05) is 42.6 Å². The van der Waals surface area contributed by atoms with E-state index in [0.29, 0.717) is 5.69 Å². The minimum atomic E-state index is -4.47. The molecule has 1 amide bonds. The number of amides is 1. The summed E-state index contributed by atoms with van der Waals surface area (Å²) in [5, 5.41) is 6.50. The van der Waals surface area contributed by atoms with Gasteiger partial charge < -0.3 is 15.6 Å². The normalized spacial score (nSPS) is 11.5. The van der Waals surface area contributed by atoms with Crippen molar-refractivity contribution in [3.05, 3.63) is 78.1 Å². The van der Waals surface area contributed by atoms with Gasteiger partial charge in [0, 0.05) is 34.7 Å². The number of fused-ring (bicyclic) bond motifs is 1. The summed E-state index contributed by atoms with van der Waals surface area (Å²) >= 11 is 0. The van der Waals surface area contributed by atoms with Crippen molar-refractivity contribution in [1.29, 1.82) is 0 Å². The molecule has 0 atom stereocenters. The summed E-state index contributed by atoms with van der Waals surface area (Å²) in [7, 11) is 0. The van der Waals surface area contributed by atoms with Crippen LogP contribution >= 0.6 is 0 Å². The van der Waals surface area contributed by atoms with Crippen LogP contribution in [0.5, 0.6) is 0 Å². The van der Waals surface area contributed by atoms with Crippen molar-refractivity contribution in [2.24, 2.45) is 0 Å². The molecule has 0 aliphatic rings. The Hall–Kier alpha value is -3.81. The Morgan fingerprint density at radius 2 is 1.87 bits per heavy atom. The molecule has 2 aromatic heterocycles. The number of H-pyrrole nitrogens is 1. The fourth-order valence-electron chi connectivity index (χ4n) is 3.30. The highest BCUT2D eigenvalue weighted by Crippen LogP contribution is 2.33. The van der Waals surface area contributed by atoms with Crippen LogP contribution in [-0.4, -0.2) is 22.4 Å². The summed E-state index contributed by atoms with van der Waals surface area (Å²) in [5.41, 5.74) is 2.81. The summed E-state index contributed by atoms with van der Waals surface area (Å²) in [6.45, 7) is 1.29. The number of aromatic amines is 1. The third-order valence-electron chi connectivity index (χ3n) is 4.88. The molecule has 2 aromatic carbocycles. The summed E-state index contributed by atoms with van der Waals surface area (Å²) in [5.74, 6) is -0.446. The average Bonchev–Trinajstić information content (AvgIpc) is 3.21. The summed E-state index contributed by atoms with van der Waals surface area (Å²) < 4.78 is 39.1. The van der Waals surface area contributed by atoms with Gasteiger partial charge in [-0.3, -0.25) is 4.79 Å². The highest BCUT2D eigenvalue weighted by molar-refractivity contribution is 5.94. The number of alkyl halides is 3. The first kappa shape index (κ1) is 20.5. The number of carbonyl (C=O) groups is 1. The van der Waals surface area contributed by atoms with Gasteiger partial charge in [-0.2, -0.15) is 13.2 Å². The van der Waals surface area contributed by atoms with Crippen LogP contribution in [0.15, 0.2) is 67.0 Å². The summed E-state index contributed by atoms with van der Waals surface area (Å²) in [4.78, 5) is 19.7. The van der Waals surface area contributed by atoms with Crippen molar-refractivity contribution in [3.8, 4) is 11.1 Å². The van der Waals surface area contributed by atoms with E-state index in [-0.39, 0.29) is 17.8 Å². The molecule has 5 nitrogen and oxygen atoms in total. The van der Waals surface area contributed by atoms with E-state index >= 15 is 0 Å². The van der Waals surface area contributed by atoms with Crippen LogP contribution < -0.4 is 10.6 Å². The standard InChI is InChI=1S/C23H19F3N4O/c1-14-5-6-19(11-20(14)23(24,25)26)30-21(31)13-28-18-4-2-3-15(10-18)17-9-16-7-8-27-22(16)29-12-17/h2-12,28H,13H2,1H3,(H,27,29)(H,30,31). The lowest BCUT2D eigenvalue weighted by molar-refractivity contribution is -0.138. The molecular weight excluding hydrogens is 405 g/mol. The molecule has 0 radical (unpaired) electrons. The summed E-state index contributed by atoms with van der Waals surface area (Å²) in [6, 6.07) is 15.2. The van der Waals surface area contributed by atoms with E-state index in [1.165, 1.54) is 19.1 Å². The monoisotopic (exact) mass is 424 g/mol. The van der Waals surface area contributed by atoms with Gasteiger partial charge in [0.15, 0.2) is 0 Å². The lowest BCUT2D eigenvalue weighted by atomic mass is 10.1. The third-order valence-corrected chi connectivity index (χ3v) is 4.88. The Balaban J connectivity index is 1.42. The van der Waals surface area contributed by atoms with Gasteiger partial charge >= 0.3 is 6.18 Å². The van der Waals surface area contributed by atoms with Crippen LogP contribution in [0, 0.1) is 6.92 Å². The fraction of sp³-hybridized carbons (Fsp3) is 0.130. The maximum absolute atomic E-state index is 13.0. The molecular formula is C23H19F3N4O. The highest BCUT2D eigenvalue weighted by atomic mass is 19.4. The number of anilines is 2. The number of aryl methyl sites for hydroxylation is 1. The average molecular weight is 424 g/mol. The van der Waals surface area contributed by atoms with Crippen molar-refractivity contribution >= 4 is 28.3 Å². The first-order valence-electron chi connectivity index (χ1n) is 9.55. The zero-order valence-corrected chi connectivity index (χ0v) is 16.5. The third kappa shape index (κ3) is 4.69. The number of hydrogen-bond donors (Lipinski definition) is 3. The van der Waals surface area contributed by atoms with E-state index in [2.05, 4.69) is 20.6 Å². The number of hydrogen-bond acceptors (Lipinski definition) is 3. The largest absolute Gasteiger partial charge is 0.416 e. The number of rotatable bonds is 5. The Labute approximate surface area is 176 Å². The lowest BCUT2D eigenvalue weighted by Gasteiger charge is -2.13. The quantitative estimate of drug-likeness (QED) is 0.390. The van der Waals surface area contributed by atoms with E-state index in [4.69, 9.17) is 0 Å². The van der Waals surface area contributed by atoms with Gasteiger partial charge in [0.1, 0.15) is 5.65 Å². The molecule has 2 heterocycles. The van der Waals surface area contributed by atoms with Gasteiger partial charge in [0.2, 0.25) is 5.91 Å². The number of halogens is 3. The van der Waals surface area contributed by atoms with Crippen LogP contribution in [0.25, 0.3) is 22.2 Å². The second-order valence-corrected chi connectivity index (χ2v) is 7.15. The Morgan fingerprint density at radius 1 is 1.03 bits per heavy atom. The molecule has 8 heteroatoms. The van der Waals surface area contributed by atoms with Crippen LogP contribution in [0.2, 0.25) is 0 Å². The van der Waals surface area contributed by atoms with Gasteiger partial charge in [0.05, 0.1) is 12.1 Å². The lowest BCUT2D eigenvalue weighted by Crippen LogP contribution is -2.22. The Morgan fingerprint density at radius 3 is 2.68 bits per heavy atom. The zero-order chi connectivity index (χ0) is 22.0. The topological polar surface area (TPSA) is 69.8 Å². The molecule has 3 N–H and O–H groups in total. The van der Waals surface area contributed by atoms with Crippen molar-refractivity contribution < 1.29 is 18.0 Å². The molecule has 0 aliphatic carbocycles. The molecule has 0 unspecified atom stereocenters. The zero-order valence-electron chi connectivity index (χ0n) is 16.5. The number of nitrogens with one attached hydrogen (secondary N) is 3. The molecule has 31 heavy (non-hydrogen) atoms. The Bertz CT molecular complexity index is 1250. The minimum Gasteiger partial charge on any atom is -0.376 e. The van der Waals surface area contributed by atoms with Gasteiger partial charge in [0.25, 0.3) is 0 Å². The SMILES string of the molecule is Cc1ccc(NC(=O)CNc2cccc(-c3cnc4[nH]ccc4c3)c2)cc1C(F)(F)F. The van der Waals surface area contributed by atoms with Crippen LogP contribution in [0.1, 0.15) is 11.1 Å². The minimum absolute atomic E-state index is 0.0895. The van der Waals surface area contributed by atoms with E-state index < -0.39 is 17.6 Å². The Kier molecular flexibility index (Phi) is 5.37. The molecule has 4 rings (SSSR count). The number of pyridine rings is 1. The maximum Gasteiger partial charge on any atom is 0.416 e. The number of carbonyl (C=O) groups excluding carboxylic acids is 1. The second kappa shape index (κ2) is 8.14. The first-order chi connectivity index (χ1) is 14.8. The van der Waals surface area contributed by atoms with E-state index in [1.54, 1.807) is 6.20 Å². The molecule has 0 spiro atoms. The van der Waals surface area contributed by atoms with Crippen molar-refractivity contribution in [3.63, 3.8) is 0 Å². The number of benzene rings is 2. The molecule has 4 aromatic rings. The van der Waals surface area contributed by atoms with Crippen molar-refractivity contribution in [2.45, 2.75) is 13.1 Å². The summed E-state index contributed by atoms with van der Waals surface area (Å²) in [6.07, 6.45) is -0.883. The highest BCUT2D eigenvalue weighted by Gasteiger charge is 2.32. The first-order valence-corrected chi connectivity index (χ1v) is 9.55. The van der Waals surface area contributed by atoms with E-state index in [9.17, 15) is 18.0 Å². The molecule has 0 bridgehead atoms. The predicted molar refractivity (Wildman–Crippen MR) is 115 cm³/mol. The van der Waals surface area contributed by atoms with Crippen LogP contribution in [-0.2, 0) is 11.0 Å². The van der Waals surface area contributed by atoms with Crippen LogP contribution in [0.3, 0.4) is 0 Å². The second-order valence-electron chi connectivity index (χ2n) is 7.15. The molecule has 0 fully saturated rings. The molecule has 0 saturated carbocycles. The predicted octanol–water partition coefficient (Wildman–Crippen LogP) is 5.61. The molecule has 158 valence electrons. The van der Waals surface area contributed by atoms with Gasteiger partial charge in [-0.15, -0.1) is 0 Å². The van der Waals surface area contributed by atoms with Gasteiger partial charge in [-0.1, -0.05) is 18.2 Å². The van der Waals surface area contributed by atoms with Gasteiger partial charge in [-0.05, 0) is 54.4 Å². The van der Waals surface area contributed by atoms with Crippen LogP contribution in [0.4, 0.5) is 24.5 Å². The fourth-order valence-corrected chi connectivity index (χ4v) is 3.30. The van der Waals surface area contributed by atoms with Crippen molar-refractivity contribution in [2.75, 3.05) is 17.2 Å². The molecule has 0 saturated heterocycles. The maximum atomic E-state index is 13.0. The number of nitrogens with zero attached hydrogens (tertiary/aromatic N) is 1. The van der Waals surface area contributed by atoms with E-state index in [0.717, 1.165) is 28.2 Å².